The van der Waals surface area contributed by atoms with E-state index >= 15 is 0 Å². The van der Waals surface area contributed by atoms with Gasteiger partial charge in [-0.25, -0.2) is 4.39 Å². The molecule has 3 N–H and O–H groups in total. The Morgan fingerprint density at radius 1 is 1.50 bits per heavy atom. The van der Waals surface area contributed by atoms with Crippen molar-refractivity contribution in [2.75, 3.05) is 13.2 Å². The third-order valence-electron chi connectivity index (χ3n) is 2.77. The number of aliphatic hydroxyl groups is 1. The number of halogens is 2. The highest BCUT2D eigenvalue weighted by atomic mass is 35.5. The van der Waals surface area contributed by atoms with Gasteiger partial charge in [0.2, 0.25) is 0 Å². The monoisotopic (exact) mass is 245 g/mol. The van der Waals surface area contributed by atoms with Crippen LogP contribution >= 0.6 is 11.6 Å². The maximum absolute atomic E-state index is 13.6. The topological polar surface area (TPSA) is 46.2 Å². The van der Waals surface area contributed by atoms with Crippen molar-refractivity contribution in [1.29, 1.82) is 0 Å². The maximum Gasteiger partial charge on any atom is 0.128 e. The fourth-order valence-corrected chi connectivity index (χ4v) is 2.19. The first-order valence-corrected chi connectivity index (χ1v) is 5.72. The summed E-state index contributed by atoms with van der Waals surface area (Å²) in [6, 6.07) is 4.65. The first kappa shape index (κ1) is 13.4. The van der Waals surface area contributed by atoms with Crippen molar-refractivity contribution in [3.05, 3.63) is 34.6 Å². The molecule has 0 heterocycles. The minimum absolute atomic E-state index is 0.00864. The number of rotatable bonds is 5. The summed E-state index contributed by atoms with van der Waals surface area (Å²) in [5, 5.41) is 9.49. The average Bonchev–Trinajstić information content (AvgIpc) is 2.25. The van der Waals surface area contributed by atoms with Gasteiger partial charge in [-0.15, -0.1) is 0 Å². The fraction of sp³-hybridized carbons (Fsp3) is 0.500. The normalized spacial score (nSPS) is 14.8. The molecule has 0 saturated heterocycles. The van der Waals surface area contributed by atoms with E-state index in [0.717, 1.165) is 0 Å². The molecule has 2 unspecified atom stereocenters. The Bertz CT molecular complexity index is 322. The highest BCUT2D eigenvalue weighted by Crippen LogP contribution is 2.31. The number of nitrogens with two attached hydrogens (primary N) is 1. The summed E-state index contributed by atoms with van der Waals surface area (Å²) in [5.41, 5.74) is 6.01. The second kappa shape index (κ2) is 6.18. The van der Waals surface area contributed by atoms with Gasteiger partial charge in [0, 0.05) is 17.2 Å². The van der Waals surface area contributed by atoms with Crippen molar-refractivity contribution in [2.45, 2.75) is 19.3 Å². The second-order valence-electron chi connectivity index (χ2n) is 4.06. The second-order valence-corrected chi connectivity index (χ2v) is 4.46. The molecule has 2 atom stereocenters. The summed E-state index contributed by atoms with van der Waals surface area (Å²) in [6.07, 6.45) is 0.633. The van der Waals surface area contributed by atoms with E-state index in [9.17, 15) is 4.39 Å². The van der Waals surface area contributed by atoms with Crippen LogP contribution in [0.1, 0.15) is 24.8 Å². The van der Waals surface area contributed by atoms with E-state index in [0.29, 0.717) is 23.6 Å². The fourth-order valence-electron chi connectivity index (χ4n) is 1.84. The quantitative estimate of drug-likeness (QED) is 0.838. The lowest BCUT2D eigenvalue weighted by Crippen LogP contribution is -2.20. The largest absolute Gasteiger partial charge is 0.396 e. The summed E-state index contributed by atoms with van der Waals surface area (Å²) in [5.74, 6) is -0.353. The predicted octanol–water partition coefficient (Wildman–Crippen LogP) is 2.54. The van der Waals surface area contributed by atoms with Gasteiger partial charge in [0.05, 0.1) is 0 Å². The van der Waals surface area contributed by atoms with Crippen LogP contribution in [0.3, 0.4) is 0 Å². The zero-order chi connectivity index (χ0) is 12.1. The van der Waals surface area contributed by atoms with E-state index in [-0.39, 0.29) is 24.3 Å². The Morgan fingerprint density at radius 3 is 2.69 bits per heavy atom. The van der Waals surface area contributed by atoms with Crippen LogP contribution < -0.4 is 5.73 Å². The summed E-state index contributed by atoms with van der Waals surface area (Å²) >= 11 is 5.96. The molecule has 1 rings (SSSR count). The molecule has 0 aromatic heterocycles. The van der Waals surface area contributed by atoms with Gasteiger partial charge in [0.15, 0.2) is 0 Å². The van der Waals surface area contributed by atoms with Gasteiger partial charge in [-0.3, -0.25) is 0 Å². The Morgan fingerprint density at radius 2 is 2.19 bits per heavy atom. The lowest BCUT2D eigenvalue weighted by Gasteiger charge is -2.19. The van der Waals surface area contributed by atoms with E-state index < -0.39 is 0 Å². The molecule has 1 aromatic rings. The molecule has 0 fully saturated rings. The van der Waals surface area contributed by atoms with Crippen LogP contribution in [0, 0.1) is 11.7 Å². The molecular formula is C12H17ClFNO. The van der Waals surface area contributed by atoms with Crippen molar-refractivity contribution in [3.63, 3.8) is 0 Å². The van der Waals surface area contributed by atoms with Gasteiger partial charge < -0.3 is 10.8 Å². The zero-order valence-corrected chi connectivity index (χ0v) is 10.0. The van der Waals surface area contributed by atoms with Gasteiger partial charge in [0.25, 0.3) is 0 Å². The Labute approximate surface area is 100 Å². The summed E-state index contributed by atoms with van der Waals surface area (Å²) < 4.78 is 13.6. The smallest absolute Gasteiger partial charge is 0.128 e. The minimum atomic E-state index is -0.297. The van der Waals surface area contributed by atoms with Crippen LogP contribution in [-0.2, 0) is 0 Å². The minimum Gasteiger partial charge on any atom is -0.396 e. The van der Waals surface area contributed by atoms with Crippen LogP contribution in [0.25, 0.3) is 0 Å². The molecule has 0 radical (unpaired) electrons. The summed E-state index contributed by atoms with van der Waals surface area (Å²) in [4.78, 5) is 0. The molecule has 0 amide bonds. The third-order valence-corrected chi connectivity index (χ3v) is 3.10. The number of hydrogen-bond donors (Lipinski definition) is 2. The number of aliphatic hydroxyl groups excluding tert-OH is 1. The SMILES string of the molecule is CC(CC(CN)CO)c1c(F)cccc1Cl. The Balaban J connectivity index is 2.83. The molecule has 90 valence electrons. The molecule has 0 bridgehead atoms. The zero-order valence-electron chi connectivity index (χ0n) is 9.29. The molecular weight excluding hydrogens is 229 g/mol. The number of benzene rings is 1. The first-order chi connectivity index (χ1) is 7.60. The van der Waals surface area contributed by atoms with Gasteiger partial charge in [-0.2, -0.15) is 0 Å². The summed E-state index contributed by atoms with van der Waals surface area (Å²) in [6.45, 7) is 2.31. The van der Waals surface area contributed by atoms with E-state index in [1.54, 1.807) is 12.1 Å². The van der Waals surface area contributed by atoms with E-state index in [4.69, 9.17) is 22.4 Å². The van der Waals surface area contributed by atoms with Crippen LogP contribution in [0.5, 0.6) is 0 Å². The molecule has 0 aliphatic heterocycles. The Kier molecular flexibility index (Phi) is 5.19. The van der Waals surface area contributed by atoms with Crippen molar-refractivity contribution in [2.24, 2.45) is 11.7 Å². The van der Waals surface area contributed by atoms with Crippen molar-refractivity contribution in [3.8, 4) is 0 Å². The van der Waals surface area contributed by atoms with Gasteiger partial charge in [0.1, 0.15) is 5.82 Å². The lowest BCUT2D eigenvalue weighted by atomic mass is 9.90. The first-order valence-electron chi connectivity index (χ1n) is 5.35. The molecule has 4 heteroatoms. The van der Waals surface area contributed by atoms with Gasteiger partial charge in [-0.1, -0.05) is 24.6 Å². The van der Waals surface area contributed by atoms with E-state index in [1.165, 1.54) is 6.07 Å². The maximum atomic E-state index is 13.6. The highest BCUT2D eigenvalue weighted by molar-refractivity contribution is 6.31. The van der Waals surface area contributed by atoms with E-state index in [1.807, 2.05) is 6.92 Å². The summed E-state index contributed by atoms with van der Waals surface area (Å²) in [7, 11) is 0. The molecule has 2 nitrogen and oxygen atoms in total. The lowest BCUT2D eigenvalue weighted by molar-refractivity contribution is 0.216. The van der Waals surface area contributed by atoms with Crippen molar-refractivity contribution < 1.29 is 9.50 Å². The van der Waals surface area contributed by atoms with Crippen molar-refractivity contribution in [1.82, 2.24) is 0 Å². The molecule has 16 heavy (non-hydrogen) atoms. The van der Waals surface area contributed by atoms with Crippen LogP contribution in [0.15, 0.2) is 18.2 Å². The molecule has 0 saturated carbocycles. The molecule has 0 aliphatic carbocycles. The third kappa shape index (κ3) is 3.17. The average molecular weight is 246 g/mol. The molecule has 1 aromatic carbocycles. The van der Waals surface area contributed by atoms with Crippen LogP contribution in [-0.4, -0.2) is 18.3 Å². The highest BCUT2D eigenvalue weighted by Gasteiger charge is 2.18. The van der Waals surface area contributed by atoms with Crippen LogP contribution in [0.4, 0.5) is 4.39 Å². The van der Waals surface area contributed by atoms with E-state index in [2.05, 4.69) is 0 Å². The molecule has 0 aliphatic rings. The van der Waals surface area contributed by atoms with Gasteiger partial charge >= 0.3 is 0 Å². The van der Waals surface area contributed by atoms with Crippen molar-refractivity contribution >= 4 is 11.6 Å². The molecule has 0 spiro atoms. The van der Waals surface area contributed by atoms with Gasteiger partial charge in [-0.05, 0) is 36.9 Å². The number of hydrogen-bond acceptors (Lipinski definition) is 2. The Hall–Kier alpha value is -0.640. The van der Waals surface area contributed by atoms with Crippen LogP contribution in [0.2, 0.25) is 5.02 Å². The predicted molar refractivity (Wildman–Crippen MR) is 64.1 cm³/mol. The standard InChI is InChI=1S/C12H17ClFNO/c1-8(5-9(6-15)7-16)12-10(13)3-2-4-11(12)14/h2-4,8-9,16H,5-7,15H2,1H3.